The lowest BCUT2D eigenvalue weighted by Gasteiger charge is -2.32. The molecule has 27 N–H and O–H groups in total. The van der Waals surface area contributed by atoms with Crippen LogP contribution in [0.2, 0.25) is 0 Å². The zero-order valence-corrected chi connectivity index (χ0v) is 53.1. The Hall–Kier alpha value is -13.3. The summed E-state index contributed by atoms with van der Waals surface area (Å²) in [6.07, 6.45) is 7.32. The molecule has 528 valence electrons. The molecule has 0 saturated heterocycles. The molecule has 46 heteroatoms. The minimum atomic E-state index is -2.11. The Morgan fingerprint density at radius 1 is 0.440 bits per heavy atom. The number of nitrogens with zero attached hydrogens (tertiary/aromatic N) is 15. The van der Waals surface area contributed by atoms with E-state index in [1.807, 2.05) is 0 Å². The molecule has 9 aromatic heterocycles. The number of nitrogens with one attached hydrogen (secondary N) is 9. The maximum atomic E-state index is 15.6. The fraction of sp³-hybridized carbons (Fsp3) is 0.370. The number of nitrogen functional groups attached to an aromatic ring is 6. The van der Waals surface area contributed by atoms with Gasteiger partial charge in [0.2, 0.25) is 59.2 Å². The quantitative estimate of drug-likeness (QED) is 0.0194. The highest BCUT2D eigenvalue weighted by Crippen LogP contribution is 2.22. The number of anilines is 6. The molecular weight excluding hydrogens is 1320 g/mol. The summed E-state index contributed by atoms with van der Waals surface area (Å²) in [4.78, 5) is 226. The van der Waals surface area contributed by atoms with Gasteiger partial charge in [-0.05, 0) is 64.8 Å². The molecule has 0 spiro atoms. The molecular formula is C54H69N33O13. The SMILES string of the molecule is CC([C@H](NC(=O)[C@H](Cn1ccc(N)nc1=O)NC(=O)[C@@H](NC(=O)[C@H](Cn1ccc(N)nc1=O)NC(=O)[C@@H](NC(=O)[C@@H](N)Cn1cnc2c(=O)[nH]c(N)nc21)C(C)n1cnc2c(=O)[nH]c(N)nc21)C(C)n1cnc2c(=O)[nH]c(N)nc21)C(=O)N[C@@H](CCCCN)C(N)=O)n1ccc(N)nc1=O. The molecule has 0 aliphatic carbocycles. The minimum absolute atomic E-state index is 0.0222. The molecule has 9 rings (SSSR count). The summed E-state index contributed by atoms with van der Waals surface area (Å²) in [6, 6.07) is -13.8. The lowest BCUT2D eigenvalue weighted by atomic mass is 10.0. The van der Waals surface area contributed by atoms with Crippen LogP contribution < -0.4 is 117 Å². The summed E-state index contributed by atoms with van der Waals surface area (Å²) < 4.78 is 6.10. The molecule has 10 atom stereocenters. The van der Waals surface area contributed by atoms with E-state index >= 15 is 19.2 Å². The number of aromatic nitrogens is 18. The summed E-state index contributed by atoms with van der Waals surface area (Å²) in [5.41, 5.74) is 46.1. The van der Waals surface area contributed by atoms with E-state index in [9.17, 15) is 43.2 Å². The van der Waals surface area contributed by atoms with Gasteiger partial charge in [0.25, 0.3) is 16.7 Å². The third-order valence-electron chi connectivity index (χ3n) is 15.9. The molecule has 0 aliphatic rings. The summed E-state index contributed by atoms with van der Waals surface area (Å²) in [5.74, 6) is -10.3. The summed E-state index contributed by atoms with van der Waals surface area (Å²) in [5, 5.41) is 15.0. The number of carbonyl (C=O) groups is 7. The molecule has 9 aromatic rings. The van der Waals surface area contributed by atoms with Crippen LogP contribution in [-0.2, 0) is 53.2 Å². The number of unbranched alkanes of at least 4 members (excludes halogenated alkanes) is 1. The number of aromatic amines is 3. The van der Waals surface area contributed by atoms with E-state index in [0.717, 1.165) is 68.0 Å². The Balaban J connectivity index is 1.12. The normalized spacial score (nSPS) is 14.5. The van der Waals surface area contributed by atoms with Crippen LogP contribution >= 0.6 is 0 Å². The van der Waals surface area contributed by atoms with Crippen LogP contribution in [0.3, 0.4) is 0 Å². The van der Waals surface area contributed by atoms with Crippen molar-refractivity contribution in [2.75, 3.05) is 40.9 Å². The second-order valence-electron chi connectivity index (χ2n) is 22.8. The highest BCUT2D eigenvalue weighted by molar-refractivity contribution is 5.98. The average molecular weight is 1390 g/mol. The van der Waals surface area contributed by atoms with E-state index in [-0.39, 0.29) is 75.8 Å². The number of hydrogen-bond donors (Lipinski definition) is 18. The van der Waals surface area contributed by atoms with Crippen LogP contribution in [-0.4, -0.2) is 177 Å². The van der Waals surface area contributed by atoms with Gasteiger partial charge in [0.1, 0.15) is 59.7 Å². The number of rotatable bonds is 29. The molecule has 0 aliphatic heterocycles. The summed E-state index contributed by atoms with van der Waals surface area (Å²) in [6.45, 7) is 2.00. The van der Waals surface area contributed by atoms with E-state index < -0.39 is 161 Å². The van der Waals surface area contributed by atoms with Gasteiger partial charge in [-0.15, -0.1) is 0 Å². The Bertz CT molecular complexity index is 5020. The van der Waals surface area contributed by atoms with Gasteiger partial charge < -0.3 is 97.2 Å². The van der Waals surface area contributed by atoms with E-state index in [1.54, 1.807) is 0 Å². The molecule has 3 unspecified atom stereocenters. The predicted molar refractivity (Wildman–Crippen MR) is 352 cm³/mol. The molecule has 46 nitrogen and oxygen atoms in total. The summed E-state index contributed by atoms with van der Waals surface area (Å²) >= 11 is 0. The molecule has 0 saturated carbocycles. The van der Waals surface area contributed by atoms with Gasteiger partial charge in [-0.25, -0.2) is 29.3 Å². The second-order valence-corrected chi connectivity index (χ2v) is 22.8. The van der Waals surface area contributed by atoms with Crippen molar-refractivity contribution in [3.05, 3.63) is 118 Å². The molecule has 0 aromatic carbocycles. The smallest absolute Gasteiger partial charge is 0.349 e. The zero-order chi connectivity index (χ0) is 72.7. The first kappa shape index (κ1) is 71.0. The van der Waals surface area contributed by atoms with Crippen molar-refractivity contribution in [2.24, 2.45) is 17.2 Å². The van der Waals surface area contributed by atoms with Gasteiger partial charge in [-0.2, -0.15) is 29.9 Å². The minimum Gasteiger partial charge on any atom is -0.383 e. The molecule has 9 heterocycles. The van der Waals surface area contributed by atoms with Crippen molar-refractivity contribution in [1.29, 1.82) is 0 Å². The van der Waals surface area contributed by atoms with Crippen molar-refractivity contribution in [3.8, 4) is 0 Å². The Morgan fingerprint density at radius 2 is 0.820 bits per heavy atom. The van der Waals surface area contributed by atoms with Crippen molar-refractivity contribution in [3.63, 3.8) is 0 Å². The van der Waals surface area contributed by atoms with E-state index in [1.165, 1.54) is 36.0 Å². The highest BCUT2D eigenvalue weighted by Gasteiger charge is 2.40. The van der Waals surface area contributed by atoms with Gasteiger partial charge in [0, 0.05) is 25.1 Å². The van der Waals surface area contributed by atoms with Crippen LogP contribution in [0.5, 0.6) is 0 Å². The zero-order valence-electron chi connectivity index (χ0n) is 53.1. The van der Waals surface area contributed by atoms with E-state index in [2.05, 4.69) is 91.7 Å². The highest BCUT2D eigenvalue weighted by atomic mass is 16.2. The van der Waals surface area contributed by atoms with Gasteiger partial charge in [0.05, 0.1) is 50.2 Å². The van der Waals surface area contributed by atoms with Crippen molar-refractivity contribution in [2.45, 2.75) is 120 Å². The molecule has 0 fully saturated rings. The number of nitrogens with two attached hydrogens (primary N) is 9. The predicted octanol–water partition coefficient (Wildman–Crippen LogP) is -9.82. The third kappa shape index (κ3) is 15.8. The van der Waals surface area contributed by atoms with Crippen LogP contribution in [0.25, 0.3) is 33.5 Å². The topological polar surface area (TPSA) is 721 Å². The summed E-state index contributed by atoms with van der Waals surface area (Å²) in [7, 11) is 0. The molecule has 0 radical (unpaired) electrons. The fourth-order valence-electron chi connectivity index (χ4n) is 10.6. The Morgan fingerprint density at radius 3 is 1.24 bits per heavy atom. The van der Waals surface area contributed by atoms with E-state index in [4.69, 9.17) is 51.6 Å². The maximum Gasteiger partial charge on any atom is 0.349 e. The number of carbonyl (C=O) groups excluding carboxylic acids is 7. The van der Waals surface area contributed by atoms with Crippen molar-refractivity contribution < 1.29 is 33.6 Å². The van der Waals surface area contributed by atoms with Gasteiger partial charge in [0.15, 0.2) is 33.5 Å². The number of H-pyrrole nitrogens is 3. The van der Waals surface area contributed by atoms with Crippen LogP contribution in [0, 0.1) is 0 Å². The lowest BCUT2D eigenvalue weighted by Crippen LogP contribution is -2.63. The maximum absolute atomic E-state index is 15.6. The molecule has 100 heavy (non-hydrogen) atoms. The Kier molecular flexibility index (Phi) is 21.1. The van der Waals surface area contributed by atoms with Gasteiger partial charge in [-0.1, -0.05) is 0 Å². The largest absolute Gasteiger partial charge is 0.383 e. The first-order chi connectivity index (χ1) is 47.4. The number of hydrogen-bond acceptors (Lipinski definition) is 30. The van der Waals surface area contributed by atoms with Crippen molar-refractivity contribution >= 4 is 110 Å². The number of fused-ring (bicyclic) bond motifs is 3. The molecule has 0 bridgehead atoms. The van der Waals surface area contributed by atoms with Crippen LogP contribution in [0.4, 0.5) is 35.3 Å². The number of primary amides is 1. The second kappa shape index (κ2) is 29.8. The first-order valence-electron chi connectivity index (χ1n) is 30.1. The fourth-order valence-corrected chi connectivity index (χ4v) is 10.6. The monoisotopic (exact) mass is 1390 g/mol. The van der Waals surface area contributed by atoms with Gasteiger partial charge >= 0.3 is 17.1 Å². The van der Waals surface area contributed by atoms with Crippen LogP contribution in [0.1, 0.15) is 58.2 Å². The lowest BCUT2D eigenvalue weighted by molar-refractivity contribution is -0.136. The average Bonchev–Trinajstić information content (AvgIpc) is 1.60. The van der Waals surface area contributed by atoms with E-state index in [0.29, 0.717) is 12.8 Å². The van der Waals surface area contributed by atoms with Crippen LogP contribution in [0.15, 0.2) is 84.5 Å². The Labute approximate surface area is 557 Å². The standard InChI is InChI=1S/C54H69N33O13/c1-20(85-13-9-29(59)72-54(85)100)30(43(92)67-24(36(60)88)6-4-5-10-55)74-41(90)25(15-82-11-7-27(57)70-52(82)98)69-45(94)32(22(3)87-19-66-35-39(87)78-51(63)81-48(35)97)75-42(91)26(16-83-12-8-28(58)71-53(83)99)68-44(93)31(21(2)86-18-65-34-38(86)77-50(62)80-47(34)96)73-40(89)23(56)14-84-17-64-33-37(84)76-49(61)79-46(33)95/h7-9,11-13,17-26,30-32H,4-6,10,14-16,55-56H2,1-3H3,(H2,60,88)(H,67,92)(H,68,93)(H,69,94)(H,73,89)(H,74,90)(H,75,91)(H2,57,70,98)(H2,58,71,99)(H2,59,72,100)(H3,61,76,79,95)(H3,62,77,80,96)(H3,63,78,81,97)/t20?,21?,22?,23-,24-,25-,26-,30-,31-,32-/m0/s1. The first-order valence-corrected chi connectivity index (χ1v) is 30.1. The van der Waals surface area contributed by atoms with Crippen molar-refractivity contribution in [1.82, 2.24) is 119 Å². The third-order valence-corrected chi connectivity index (χ3v) is 15.9. The van der Waals surface area contributed by atoms with Gasteiger partial charge in [-0.3, -0.25) is 76.6 Å². The molecule has 7 amide bonds. The number of imidazole rings is 3. The number of amides is 7.